The van der Waals surface area contributed by atoms with Crippen molar-refractivity contribution in [3.05, 3.63) is 23.7 Å². The predicted molar refractivity (Wildman–Crippen MR) is 79.0 cm³/mol. The summed E-state index contributed by atoms with van der Waals surface area (Å²) in [4.78, 5) is 2.62. The summed E-state index contributed by atoms with van der Waals surface area (Å²) in [5, 5.41) is 3.13. The lowest BCUT2D eigenvalue weighted by Gasteiger charge is -2.29. The van der Waals surface area contributed by atoms with Crippen molar-refractivity contribution in [2.75, 3.05) is 13.6 Å². The van der Waals surface area contributed by atoms with Gasteiger partial charge in [-0.3, -0.25) is 4.90 Å². The fourth-order valence-electron chi connectivity index (χ4n) is 3.06. The van der Waals surface area contributed by atoms with Gasteiger partial charge in [-0.15, -0.1) is 0 Å². The molecular weight excluding hydrogens is 236 g/mol. The van der Waals surface area contributed by atoms with Crippen LogP contribution in [-0.2, 0) is 13.1 Å². The van der Waals surface area contributed by atoms with Crippen molar-refractivity contribution in [1.82, 2.24) is 10.2 Å². The SMILES string of the molecule is CNCc1ccc(CN(CC(C)C)C2CCCC2)o1. The summed E-state index contributed by atoms with van der Waals surface area (Å²) in [5.74, 6) is 2.86. The van der Waals surface area contributed by atoms with Crippen LogP contribution in [-0.4, -0.2) is 24.5 Å². The Morgan fingerprint density at radius 3 is 2.58 bits per heavy atom. The molecule has 1 aliphatic carbocycles. The van der Waals surface area contributed by atoms with Crippen LogP contribution in [0.15, 0.2) is 16.5 Å². The molecule has 0 spiro atoms. The van der Waals surface area contributed by atoms with Crippen LogP contribution < -0.4 is 5.32 Å². The molecule has 2 rings (SSSR count). The fraction of sp³-hybridized carbons (Fsp3) is 0.750. The molecule has 0 bridgehead atoms. The van der Waals surface area contributed by atoms with E-state index in [0.29, 0.717) is 5.92 Å². The highest BCUT2D eigenvalue weighted by molar-refractivity contribution is 5.07. The number of nitrogens with zero attached hydrogens (tertiary/aromatic N) is 1. The van der Waals surface area contributed by atoms with Crippen molar-refractivity contribution in [1.29, 1.82) is 0 Å². The van der Waals surface area contributed by atoms with Gasteiger partial charge in [-0.1, -0.05) is 26.7 Å². The van der Waals surface area contributed by atoms with E-state index in [9.17, 15) is 0 Å². The van der Waals surface area contributed by atoms with E-state index in [0.717, 1.165) is 30.7 Å². The molecule has 1 fully saturated rings. The first-order valence-electron chi connectivity index (χ1n) is 7.65. The van der Waals surface area contributed by atoms with Crippen molar-refractivity contribution in [2.24, 2.45) is 5.92 Å². The Balaban J connectivity index is 1.97. The second-order valence-corrected chi connectivity index (χ2v) is 6.16. The first kappa shape index (κ1) is 14.6. The molecule has 0 unspecified atom stereocenters. The van der Waals surface area contributed by atoms with Crippen molar-refractivity contribution in [3.63, 3.8) is 0 Å². The highest BCUT2D eigenvalue weighted by atomic mass is 16.3. The Hall–Kier alpha value is -0.800. The van der Waals surface area contributed by atoms with E-state index in [-0.39, 0.29) is 0 Å². The molecule has 1 heterocycles. The third kappa shape index (κ3) is 4.36. The van der Waals surface area contributed by atoms with Crippen LogP contribution >= 0.6 is 0 Å². The lowest BCUT2D eigenvalue weighted by molar-refractivity contribution is 0.155. The summed E-state index contributed by atoms with van der Waals surface area (Å²) < 4.78 is 5.89. The summed E-state index contributed by atoms with van der Waals surface area (Å²) >= 11 is 0. The van der Waals surface area contributed by atoms with Crippen molar-refractivity contribution in [3.8, 4) is 0 Å². The Bertz CT molecular complexity index is 367. The Morgan fingerprint density at radius 1 is 1.26 bits per heavy atom. The molecule has 1 N–H and O–H groups in total. The first-order valence-corrected chi connectivity index (χ1v) is 7.65. The Kier molecular flexibility index (Phi) is 5.46. The highest BCUT2D eigenvalue weighted by Gasteiger charge is 2.24. The van der Waals surface area contributed by atoms with Gasteiger partial charge >= 0.3 is 0 Å². The topological polar surface area (TPSA) is 28.4 Å². The fourth-order valence-corrected chi connectivity index (χ4v) is 3.06. The third-order valence-corrected chi connectivity index (χ3v) is 3.87. The average molecular weight is 264 g/mol. The molecule has 0 saturated heterocycles. The van der Waals surface area contributed by atoms with Crippen molar-refractivity contribution >= 4 is 0 Å². The molecule has 0 atom stereocenters. The second-order valence-electron chi connectivity index (χ2n) is 6.16. The highest BCUT2D eigenvalue weighted by Crippen LogP contribution is 2.26. The van der Waals surface area contributed by atoms with Gasteiger partial charge in [0.15, 0.2) is 0 Å². The molecule has 19 heavy (non-hydrogen) atoms. The quantitative estimate of drug-likeness (QED) is 0.818. The normalized spacial score (nSPS) is 16.9. The van der Waals surface area contributed by atoms with Crippen LogP contribution in [0.3, 0.4) is 0 Å². The maximum atomic E-state index is 5.89. The maximum absolute atomic E-state index is 5.89. The van der Waals surface area contributed by atoms with Gasteiger partial charge in [0.25, 0.3) is 0 Å². The van der Waals surface area contributed by atoms with Gasteiger partial charge in [-0.25, -0.2) is 0 Å². The van der Waals surface area contributed by atoms with Crippen LogP contribution in [0.4, 0.5) is 0 Å². The molecule has 1 aliphatic rings. The first-order chi connectivity index (χ1) is 9.19. The number of nitrogens with one attached hydrogen (secondary N) is 1. The maximum Gasteiger partial charge on any atom is 0.118 e. The second kappa shape index (κ2) is 7.11. The Labute approximate surface area is 117 Å². The zero-order chi connectivity index (χ0) is 13.7. The van der Waals surface area contributed by atoms with Gasteiger partial charge in [0.1, 0.15) is 11.5 Å². The van der Waals surface area contributed by atoms with E-state index in [1.807, 2.05) is 7.05 Å². The zero-order valence-corrected chi connectivity index (χ0v) is 12.6. The summed E-state index contributed by atoms with van der Waals surface area (Å²) in [5.41, 5.74) is 0. The molecule has 0 aliphatic heterocycles. The zero-order valence-electron chi connectivity index (χ0n) is 12.6. The van der Waals surface area contributed by atoms with Crippen LogP contribution in [0.1, 0.15) is 51.1 Å². The summed E-state index contributed by atoms with van der Waals surface area (Å²) in [6, 6.07) is 4.99. The minimum absolute atomic E-state index is 0.715. The van der Waals surface area contributed by atoms with Gasteiger partial charge in [0.05, 0.1) is 13.1 Å². The van der Waals surface area contributed by atoms with Gasteiger partial charge in [0.2, 0.25) is 0 Å². The lowest BCUT2D eigenvalue weighted by Crippen LogP contribution is -2.35. The minimum atomic E-state index is 0.715. The molecule has 108 valence electrons. The van der Waals surface area contributed by atoms with Gasteiger partial charge in [0, 0.05) is 12.6 Å². The van der Waals surface area contributed by atoms with Gasteiger partial charge < -0.3 is 9.73 Å². The smallest absolute Gasteiger partial charge is 0.118 e. The van der Waals surface area contributed by atoms with E-state index in [4.69, 9.17) is 4.42 Å². The summed E-state index contributed by atoms with van der Waals surface area (Å²) in [6.07, 6.45) is 5.50. The van der Waals surface area contributed by atoms with E-state index in [2.05, 4.69) is 36.2 Å². The van der Waals surface area contributed by atoms with Crippen LogP contribution in [0.25, 0.3) is 0 Å². The lowest BCUT2D eigenvalue weighted by atomic mass is 10.1. The largest absolute Gasteiger partial charge is 0.463 e. The molecule has 0 amide bonds. The number of hydrogen-bond donors (Lipinski definition) is 1. The summed E-state index contributed by atoms with van der Waals surface area (Å²) in [6.45, 7) is 7.56. The number of furan rings is 1. The van der Waals surface area contributed by atoms with Crippen LogP contribution in [0.5, 0.6) is 0 Å². The molecule has 0 aromatic carbocycles. The summed E-state index contributed by atoms with van der Waals surface area (Å²) in [7, 11) is 1.95. The average Bonchev–Trinajstić information content (AvgIpc) is 2.99. The van der Waals surface area contributed by atoms with E-state index in [1.54, 1.807) is 0 Å². The van der Waals surface area contributed by atoms with Gasteiger partial charge in [-0.05, 0) is 37.9 Å². The molecule has 0 radical (unpaired) electrons. The Morgan fingerprint density at radius 2 is 1.95 bits per heavy atom. The van der Waals surface area contributed by atoms with E-state index < -0.39 is 0 Å². The van der Waals surface area contributed by atoms with E-state index in [1.165, 1.54) is 32.2 Å². The van der Waals surface area contributed by atoms with Crippen LogP contribution in [0, 0.1) is 5.92 Å². The molecule has 3 heteroatoms. The molecule has 1 aromatic rings. The van der Waals surface area contributed by atoms with Crippen molar-refractivity contribution in [2.45, 2.75) is 58.7 Å². The van der Waals surface area contributed by atoms with E-state index >= 15 is 0 Å². The van der Waals surface area contributed by atoms with Crippen LogP contribution in [0.2, 0.25) is 0 Å². The molecular formula is C16H28N2O. The standard InChI is InChI=1S/C16H28N2O/c1-13(2)11-18(14-6-4-5-7-14)12-16-9-8-15(19-16)10-17-3/h8-9,13-14,17H,4-7,10-12H2,1-3H3. The van der Waals surface area contributed by atoms with Gasteiger partial charge in [-0.2, -0.15) is 0 Å². The number of rotatable bonds is 7. The minimum Gasteiger partial charge on any atom is -0.463 e. The third-order valence-electron chi connectivity index (χ3n) is 3.87. The number of hydrogen-bond acceptors (Lipinski definition) is 3. The molecule has 1 aromatic heterocycles. The predicted octanol–water partition coefficient (Wildman–Crippen LogP) is 3.40. The monoisotopic (exact) mass is 264 g/mol. The molecule has 1 saturated carbocycles. The van der Waals surface area contributed by atoms with Crippen molar-refractivity contribution < 1.29 is 4.42 Å². The molecule has 3 nitrogen and oxygen atoms in total.